The van der Waals surface area contributed by atoms with Crippen LogP contribution in [0.4, 0.5) is 13.2 Å². The first-order valence-electron chi connectivity index (χ1n) is 6.02. The average Bonchev–Trinajstić information content (AvgIpc) is 2.43. The van der Waals surface area contributed by atoms with Crippen molar-refractivity contribution in [3.8, 4) is 0 Å². The molecule has 0 aliphatic carbocycles. The largest absolute Gasteiger partial charge is 0.416 e. The van der Waals surface area contributed by atoms with Crippen LogP contribution in [0.25, 0.3) is 0 Å². The normalized spacial score (nSPS) is 11.8. The lowest BCUT2D eigenvalue weighted by atomic mass is 10.1. The second-order valence-electron chi connectivity index (χ2n) is 4.26. The monoisotopic (exact) mass is 357 g/mol. The molecule has 21 heavy (non-hydrogen) atoms. The molecule has 6 heteroatoms. The standard InChI is InChI=1S/C15H11BrF3NO/c16-14-6-2-3-11(8-14)9-20-21-10-12-4-1-5-13(7-12)15(17,18)19/h1-9H,10H2. The summed E-state index contributed by atoms with van der Waals surface area (Å²) in [5, 5.41) is 3.74. The Morgan fingerprint density at radius 2 is 1.86 bits per heavy atom. The summed E-state index contributed by atoms with van der Waals surface area (Å²) in [5.74, 6) is 0. The summed E-state index contributed by atoms with van der Waals surface area (Å²) >= 11 is 3.33. The molecule has 0 aliphatic heterocycles. The number of alkyl halides is 3. The molecule has 0 aromatic heterocycles. The number of hydrogen-bond donors (Lipinski definition) is 0. The van der Waals surface area contributed by atoms with Crippen molar-refractivity contribution in [2.24, 2.45) is 5.16 Å². The Morgan fingerprint density at radius 3 is 2.57 bits per heavy atom. The van der Waals surface area contributed by atoms with Crippen LogP contribution in [0, 0.1) is 0 Å². The summed E-state index contributed by atoms with van der Waals surface area (Å²) in [7, 11) is 0. The zero-order valence-electron chi connectivity index (χ0n) is 10.8. The second kappa shape index (κ2) is 6.76. The van der Waals surface area contributed by atoms with Crippen LogP contribution in [0.3, 0.4) is 0 Å². The first-order chi connectivity index (χ1) is 9.95. The SMILES string of the molecule is FC(F)(F)c1cccc(CON=Cc2cccc(Br)c2)c1. The van der Waals surface area contributed by atoms with Crippen molar-refractivity contribution in [2.75, 3.05) is 0 Å². The molecular weight excluding hydrogens is 347 g/mol. The van der Waals surface area contributed by atoms with E-state index in [2.05, 4.69) is 21.1 Å². The summed E-state index contributed by atoms with van der Waals surface area (Å²) < 4.78 is 38.5. The molecule has 2 aromatic carbocycles. The van der Waals surface area contributed by atoms with E-state index in [0.29, 0.717) is 5.56 Å². The van der Waals surface area contributed by atoms with Crippen LogP contribution < -0.4 is 0 Å². The van der Waals surface area contributed by atoms with Gasteiger partial charge in [-0.15, -0.1) is 0 Å². The minimum Gasteiger partial charge on any atom is -0.391 e. The molecule has 110 valence electrons. The number of benzene rings is 2. The van der Waals surface area contributed by atoms with Crippen molar-refractivity contribution in [1.82, 2.24) is 0 Å². The molecule has 0 N–H and O–H groups in total. The molecule has 0 radical (unpaired) electrons. The zero-order valence-corrected chi connectivity index (χ0v) is 12.4. The molecular formula is C15H11BrF3NO. The lowest BCUT2D eigenvalue weighted by Gasteiger charge is -2.07. The van der Waals surface area contributed by atoms with Gasteiger partial charge in [-0.25, -0.2) is 0 Å². The van der Waals surface area contributed by atoms with Crippen LogP contribution >= 0.6 is 15.9 Å². The van der Waals surface area contributed by atoms with E-state index in [1.807, 2.05) is 24.3 Å². The minimum absolute atomic E-state index is 0.0194. The number of hydrogen-bond acceptors (Lipinski definition) is 2. The Hall–Kier alpha value is -1.82. The van der Waals surface area contributed by atoms with Crippen LogP contribution in [-0.4, -0.2) is 6.21 Å². The maximum Gasteiger partial charge on any atom is 0.416 e. The third-order valence-corrected chi connectivity index (χ3v) is 3.10. The van der Waals surface area contributed by atoms with Gasteiger partial charge in [0, 0.05) is 4.47 Å². The number of rotatable bonds is 4. The van der Waals surface area contributed by atoms with Crippen molar-refractivity contribution in [3.05, 3.63) is 69.7 Å². The van der Waals surface area contributed by atoms with Crippen molar-refractivity contribution in [1.29, 1.82) is 0 Å². The first kappa shape index (κ1) is 15.6. The van der Waals surface area contributed by atoms with E-state index in [-0.39, 0.29) is 6.61 Å². The summed E-state index contributed by atoms with van der Waals surface area (Å²) in [6.07, 6.45) is -2.85. The number of nitrogens with zero attached hydrogens (tertiary/aromatic N) is 1. The maximum absolute atomic E-state index is 12.5. The van der Waals surface area contributed by atoms with Crippen molar-refractivity contribution < 1.29 is 18.0 Å². The molecule has 2 nitrogen and oxygen atoms in total. The van der Waals surface area contributed by atoms with Gasteiger partial charge in [0.25, 0.3) is 0 Å². The fourth-order valence-electron chi connectivity index (χ4n) is 1.63. The number of halogens is 4. The molecule has 0 spiro atoms. The molecule has 2 rings (SSSR count). The maximum atomic E-state index is 12.5. The molecule has 0 fully saturated rings. The van der Waals surface area contributed by atoms with Gasteiger partial charge in [0.15, 0.2) is 0 Å². The molecule has 0 aliphatic rings. The van der Waals surface area contributed by atoms with Crippen LogP contribution in [0.1, 0.15) is 16.7 Å². The highest BCUT2D eigenvalue weighted by Gasteiger charge is 2.30. The predicted molar refractivity (Wildman–Crippen MR) is 78.0 cm³/mol. The topological polar surface area (TPSA) is 21.6 Å². The minimum atomic E-state index is -4.35. The smallest absolute Gasteiger partial charge is 0.391 e. The fourth-order valence-corrected chi connectivity index (χ4v) is 2.05. The summed E-state index contributed by atoms with van der Waals surface area (Å²) in [6.45, 7) is -0.0194. The summed E-state index contributed by atoms with van der Waals surface area (Å²) in [4.78, 5) is 5.02. The van der Waals surface area contributed by atoms with Crippen LogP contribution in [0.5, 0.6) is 0 Å². The van der Waals surface area contributed by atoms with Gasteiger partial charge >= 0.3 is 6.18 Å². The number of oxime groups is 1. The van der Waals surface area contributed by atoms with E-state index in [0.717, 1.165) is 22.2 Å². The highest BCUT2D eigenvalue weighted by molar-refractivity contribution is 9.10. The van der Waals surface area contributed by atoms with Crippen LogP contribution in [0.2, 0.25) is 0 Å². The molecule has 0 atom stereocenters. The molecule has 0 heterocycles. The molecule has 0 saturated heterocycles. The molecule has 0 amide bonds. The van der Waals surface area contributed by atoms with Gasteiger partial charge < -0.3 is 4.84 Å². The van der Waals surface area contributed by atoms with Gasteiger partial charge in [0.05, 0.1) is 11.8 Å². The molecule has 2 aromatic rings. The Balaban J connectivity index is 1.95. The van der Waals surface area contributed by atoms with Crippen LogP contribution in [-0.2, 0) is 17.6 Å². The Bertz CT molecular complexity index is 641. The molecule has 0 saturated carbocycles. The van der Waals surface area contributed by atoms with Crippen molar-refractivity contribution in [2.45, 2.75) is 12.8 Å². The first-order valence-corrected chi connectivity index (χ1v) is 6.81. The zero-order chi connectivity index (χ0) is 15.3. The van der Waals surface area contributed by atoms with Crippen molar-refractivity contribution >= 4 is 22.1 Å². The Kier molecular flexibility index (Phi) is 5.01. The Morgan fingerprint density at radius 1 is 1.10 bits per heavy atom. The third kappa shape index (κ3) is 4.90. The van der Waals surface area contributed by atoms with Gasteiger partial charge in [-0.1, -0.05) is 45.4 Å². The van der Waals surface area contributed by atoms with E-state index in [9.17, 15) is 13.2 Å². The summed E-state index contributed by atoms with van der Waals surface area (Å²) in [5.41, 5.74) is 0.546. The van der Waals surface area contributed by atoms with Gasteiger partial charge in [-0.3, -0.25) is 0 Å². The third-order valence-electron chi connectivity index (χ3n) is 2.61. The van der Waals surface area contributed by atoms with Gasteiger partial charge in [-0.05, 0) is 35.4 Å². The van der Waals surface area contributed by atoms with E-state index in [1.54, 1.807) is 6.07 Å². The Labute approximate surface area is 128 Å². The summed E-state index contributed by atoms with van der Waals surface area (Å²) in [6, 6.07) is 12.4. The second-order valence-corrected chi connectivity index (χ2v) is 5.18. The lowest BCUT2D eigenvalue weighted by Crippen LogP contribution is -2.05. The lowest BCUT2D eigenvalue weighted by molar-refractivity contribution is -0.137. The van der Waals surface area contributed by atoms with Gasteiger partial charge in [0.2, 0.25) is 0 Å². The van der Waals surface area contributed by atoms with E-state index < -0.39 is 11.7 Å². The fraction of sp³-hybridized carbons (Fsp3) is 0.133. The van der Waals surface area contributed by atoms with E-state index in [4.69, 9.17) is 4.84 Å². The highest BCUT2D eigenvalue weighted by atomic mass is 79.9. The van der Waals surface area contributed by atoms with Gasteiger partial charge in [0.1, 0.15) is 6.61 Å². The van der Waals surface area contributed by atoms with Gasteiger partial charge in [-0.2, -0.15) is 13.2 Å². The van der Waals surface area contributed by atoms with E-state index >= 15 is 0 Å². The van der Waals surface area contributed by atoms with E-state index in [1.165, 1.54) is 12.3 Å². The predicted octanol–water partition coefficient (Wildman–Crippen LogP) is 5.02. The molecule has 0 bridgehead atoms. The highest BCUT2D eigenvalue weighted by Crippen LogP contribution is 2.29. The van der Waals surface area contributed by atoms with Crippen molar-refractivity contribution in [3.63, 3.8) is 0 Å². The van der Waals surface area contributed by atoms with Crippen LogP contribution in [0.15, 0.2) is 58.2 Å². The molecule has 0 unspecified atom stereocenters. The average molecular weight is 358 g/mol. The quantitative estimate of drug-likeness (QED) is 0.556.